The van der Waals surface area contributed by atoms with Crippen LogP contribution in [-0.4, -0.2) is 23.0 Å². The summed E-state index contributed by atoms with van der Waals surface area (Å²) in [6.07, 6.45) is 7.05. The molecular formula is C13H20N2S. The monoisotopic (exact) mass is 236 g/mol. The largest absolute Gasteiger partial charge is 0.353 e. The molecule has 0 amide bonds. The van der Waals surface area contributed by atoms with Gasteiger partial charge >= 0.3 is 0 Å². The number of hydrogen-bond donors (Lipinski definition) is 1. The molecule has 88 valence electrons. The number of rotatable bonds is 3. The van der Waals surface area contributed by atoms with Gasteiger partial charge in [-0.15, -0.1) is 0 Å². The molecule has 1 aromatic heterocycles. The lowest BCUT2D eigenvalue weighted by Crippen LogP contribution is -2.34. The third-order valence-electron chi connectivity index (χ3n) is 3.33. The van der Waals surface area contributed by atoms with Gasteiger partial charge in [-0.2, -0.15) is 0 Å². The molecule has 2 heterocycles. The predicted octanol–water partition coefficient (Wildman–Crippen LogP) is 3.68. The van der Waals surface area contributed by atoms with E-state index in [-0.39, 0.29) is 0 Å². The fraction of sp³-hybridized carbons (Fsp3) is 0.615. The molecule has 1 aliphatic heterocycles. The quantitative estimate of drug-likeness (QED) is 0.807. The first-order valence-corrected chi connectivity index (χ1v) is 6.65. The fourth-order valence-electron chi connectivity index (χ4n) is 2.60. The van der Waals surface area contributed by atoms with Gasteiger partial charge in [0.05, 0.1) is 0 Å². The first-order chi connectivity index (χ1) is 7.83. The molecule has 2 rings (SSSR count). The van der Waals surface area contributed by atoms with Gasteiger partial charge in [0, 0.05) is 17.8 Å². The van der Waals surface area contributed by atoms with Crippen molar-refractivity contribution >= 4 is 12.2 Å². The lowest BCUT2D eigenvalue weighted by Gasteiger charge is -2.35. The first kappa shape index (κ1) is 11.8. The van der Waals surface area contributed by atoms with Gasteiger partial charge in [-0.1, -0.05) is 31.6 Å². The lowest BCUT2D eigenvalue weighted by molar-refractivity contribution is 0.148. The maximum Gasteiger partial charge on any atom is 0.108 e. The summed E-state index contributed by atoms with van der Waals surface area (Å²) in [6.45, 7) is 4.66. The van der Waals surface area contributed by atoms with Gasteiger partial charge in [0.1, 0.15) is 4.64 Å². The molecule has 0 spiro atoms. The number of nitrogens with zero attached hydrogens (tertiary/aromatic N) is 1. The van der Waals surface area contributed by atoms with Crippen LogP contribution in [0.5, 0.6) is 0 Å². The molecular weight excluding hydrogens is 216 g/mol. The molecule has 0 radical (unpaired) electrons. The second kappa shape index (κ2) is 5.60. The van der Waals surface area contributed by atoms with Crippen LogP contribution in [0, 0.1) is 4.64 Å². The Bertz CT molecular complexity index is 384. The van der Waals surface area contributed by atoms with E-state index in [0.717, 1.165) is 4.64 Å². The second-order valence-corrected chi connectivity index (χ2v) is 4.91. The van der Waals surface area contributed by atoms with E-state index in [1.807, 2.05) is 6.20 Å². The minimum atomic E-state index is 0.540. The molecule has 1 aliphatic rings. The third-order valence-corrected chi connectivity index (χ3v) is 3.69. The average Bonchev–Trinajstić information content (AvgIpc) is 2.31. The highest BCUT2D eigenvalue weighted by atomic mass is 32.1. The number of nitrogens with one attached hydrogen (secondary N) is 1. The Balaban J connectivity index is 2.23. The van der Waals surface area contributed by atoms with Gasteiger partial charge in [0.2, 0.25) is 0 Å². The van der Waals surface area contributed by atoms with Crippen LogP contribution >= 0.6 is 12.2 Å². The Morgan fingerprint density at radius 1 is 1.50 bits per heavy atom. The maximum atomic E-state index is 5.39. The highest BCUT2D eigenvalue weighted by Crippen LogP contribution is 2.30. The summed E-state index contributed by atoms with van der Waals surface area (Å²) in [5, 5.41) is 0. The molecule has 0 aromatic carbocycles. The maximum absolute atomic E-state index is 5.39. The molecule has 1 atom stereocenters. The molecule has 1 saturated heterocycles. The molecule has 0 unspecified atom stereocenters. The lowest BCUT2D eigenvalue weighted by atomic mass is 9.96. The topological polar surface area (TPSA) is 19.0 Å². The number of aromatic amines is 1. The number of hydrogen-bond acceptors (Lipinski definition) is 2. The first-order valence-electron chi connectivity index (χ1n) is 6.24. The zero-order valence-corrected chi connectivity index (χ0v) is 10.7. The zero-order valence-electron chi connectivity index (χ0n) is 9.91. The number of aromatic nitrogens is 1. The Hall–Kier alpha value is -0.670. The van der Waals surface area contributed by atoms with Gasteiger partial charge in [-0.3, -0.25) is 4.90 Å². The number of H-pyrrole nitrogens is 1. The van der Waals surface area contributed by atoms with Crippen LogP contribution in [0.25, 0.3) is 0 Å². The van der Waals surface area contributed by atoms with E-state index in [0.29, 0.717) is 6.04 Å². The van der Waals surface area contributed by atoms with Gasteiger partial charge < -0.3 is 4.98 Å². The van der Waals surface area contributed by atoms with Crippen molar-refractivity contribution in [3.63, 3.8) is 0 Å². The van der Waals surface area contributed by atoms with Crippen LogP contribution in [0.1, 0.15) is 44.2 Å². The highest BCUT2D eigenvalue weighted by molar-refractivity contribution is 7.71. The summed E-state index contributed by atoms with van der Waals surface area (Å²) in [5.41, 5.74) is 1.31. The zero-order chi connectivity index (χ0) is 11.4. The minimum absolute atomic E-state index is 0.540. The molecule has 1 aromatic rings. The summed E-state index contributed by atoms with van der Waals surface area (Å²) in [7, 11) is 0. The molecule has 1 fully saturated rings. The van der Waals surface area contributed by atoms with Crippen molar-refractivity contribution in [1.82, 2.24) is 9.88 Å². The molecule has 0 aliphatic carbocycles. The molecule has 1 N–H and O–H groups in total. The van der Waals surface area contributed by atoms with E-state index < -0.39 is 0 Å². The smallest absolute Gasteiger partial charge is 0.108 e. The minimum Gasteiger partial charge on any atom is -0.353 e. The third kappa shape index (κ3) is 2.53. The van der Waals surface area contributed by atoms with Crippen LogP contribution in [0.2, 0.25) is 0 Å². The summed E-state index contributed by atoms with van der Waals surface area (Å²) in [5.74, 6) is 0. The molecule has 0 saturated carbocycles. The van der Waals surface area contributed by atoms with E-state index in [9.17, 15) is 0 Å². The van der Waals surface area contributed by atoms with Gasteiger partial charge in [-0.05, 0) is 38.4 Å². The highest BCUT2D eigenvalue weighted by Gasteiger charge is 2.23. The van der Waals surface area contributed by atoms with Crippen molar-refractivity contribution in [2.75, 3.05) is 13.1 Å². The number of pyridine rings is 1. The Kier molecular flexibility index (Phi) is 4.13. The SMILES string of the molecule is CCCN1CCCC[C@H]1c1ccc[nH]c1=S. The fourth-order valence-corrected chi connectivity index (χ4v) is 2.87. The molecule has 0 bridgehead atoms. The summed E-state index contributed by atoms with van der Waals surface area (Å²) < 4.78 is 0.913. The summed E-state index contributed by atoms with van der Waals surface area (Å²) >= 11 is 5.39. The van der Waals surface area contributed by atoms with Crippen LogP contribution < -0.4 is 0 Å². The number of piperidine rings is 1. The van der Waals surface area contributed by atoms with Crippen LogP contribution in [-0.2, 0) is 0 Å². The normalized spacial score (nSPS) is 22.2. The Morgan fingerprint density at radius 3 is 3.12 bits per heavy atom. The summed E-state index contributed by atoms with van der Waals surface area (Å²) in [4.78, 5) is 5.73. The van der Waals surface area contributed by atoms with Crippen molar-refractivity contribution in [3.8, 4) is 0 Å². The van der Waals surface area contributed by atoms with Crippen LogP contribution in [0.15, 0.2) is 18.3 Å². The van der Waals surface area contributed by atoms with E-state index in [4.69, 9.17) is 12.2 Å². The van der Waals surface area contributed by atoms with E-state index in [1.54, 1.807) is 0 Å². The van der Waals surface area contributed by atoms with Crippen molar-refractivity contribution in [2.24, 2.45) is 0 Å². The van der Waals surface area contributed by atoms with E-state index in [2.05, 4.69) is 28.9 Å². The van der Waals surface area contributed by atoms with Crippen LogP contribution in [0.4, 0.5) is 0 Å². The van der Waals surface area contributed by atoms with Crippen LogP contribution in [0.3, 0.4) is 0 Å². The van der Waals surface area contributed by atoms with E-state index >= 15 is 0 Å². The van der Waals surface area contributed by atoms with Crippen molar-refractivity contribution in [3.05, 3.63) is 28.5 Å². The summed E-state index contributed by atoms with van der Waals surface area (Å²) in [6, 6.07) is 4.78. The molecule has 16 heavy (non-hydrogen) atoms. The Labute approximate surface area is 103 Å². The van der Waals surface area contributed by atoms with Gasteiger partial charge in [0.15, 0.2) is 0 Å². The van der Waals surface area contributed by atoms with Crippen molar-refractivity contribution < 1.29 is 0 Å². The van der Waals surface area contributed by atoms with E-state index in [1.165, 1.54) is 44.3 Å². The number of likely N-dealkylation sites (tertiary alicyclic amines) is 1. The van der Waals surface area contributed by atoms with Crippen molar-refractivity contribution in [2.45, 2.75) is 38.6 Å². The van der Waals surface area contributed by atoms with Gasteiger partial charge in [-0.25, -0.2) is 0 Å². The van der Waals surface area contributed by atoms with Crippen molar-refractivity contribution in [1.29, 1.82) is 0 Å². The second-order valence-electron chi connectivity index (χ2n) is 4.50. The Morgan fingerprint density at radius 2 is 2.38 bits per heavy atom. The van der Waals surface area contributed by atoms with Gasteiger partial charge in [0.25, 0.3) is 0 Å². The average molecular weight is 236 g/mol. The predicted molar refractivity (Wildman–Crippen MR) is 70.1 cm³/mol. The standard InChI is InChI=1S/C13H20N2S/c1-2-9-15-10-4-3-7-12(15)11-6-5-8-14-13(11)16/h5-6,8,12H,2-4,7,9-10H2,1H3,(H,14,16)/t12-/m0/s1. The molecule has 2 nitrogen and oxygen atoms in total. The molecule has 3 heteroatoms.